The molecule has 0 saturated carbocycles. The molecule has 1 nitrogen and oxygen atoms in total. The van der Waals surface area contributed by atoms with Crippen LogP contribution in [0.3, 0.4) is 0 Å². The third-order valence-corrected chi connectivity index (χ3v) is 3.85. The van der Waals surface area contributed by atoms with E-state index in [1.165, 1.54) is 18.5 Å². The molecule has 0 amide bonds. The fourth-order valence-electron chi connectivity index (χ4n) is 2.21. The van der Waals surface area contributed by atoms with Gasteiger partial charge < -0.3 is 0 Å². The van der Waals surface area contributed by atoms with Crippen LogP contribution in [-0.4, -0.2) is 23.9 Å². The van der Waals surface area contributed by atoms with Crippen LogP contribution in [0.5, 0.6) is 0 Å². The second-order valence-electron chi connectivity index (χ2n) is 4.89. The molecule has 0 N–H and O–H groups in total. The van der Waals surface area contributed by atoms with E-state index in [4.69, 9.17) is 11.6 Å². The molecule has 1 heterocycles. The summed E-state index contributed by atoms with van der Waals surface area (Å²) in [5.74, 6) is 0.776. The zero-order valence-corrected chi connectivity index (χ0v) is 10.0. The van der Waals surface area contributed by atoms with Crippen molar-refractivity contribution in [3.05, 3.63) is 35.9 Å². The summed E-state index contributed by atoms with van der Waals surface area (Å²) in [7, 11) is 0. The maximum absolute atomic E-state index is 5.99. The Morgan fingerprint density at radius 1 is 1.33 bits per heavy atom. The minimum absolute atomic E-state index is 0.330. The number of halogens is 1. The van der Waals surface area contributed by atoms with Crippen LogP contribution in [0.25, 0.3) is 0 Å². The average Bonchev–Trinajstić information content (AvgIpc) is 2.63. The van der Waals surface area contributed by atoms with Gasteiger partial charge in [-0.25, -0.2) is 0 Å². The highest BCUT2D eigenvalue weighted by Gasteiger charge is 2.32. The van der Waals surface area contributed by atoms with Crippen LogP contribution >= 0.6 is 11.6 Å². The first-order chi connectivity index (χ1) is 7.22. The number of alkyl halides is 1. The summed E-state index contributed by atoms with van der Waals surface area (Å²) >= 11 is 5.99. The van der Waals surface area contributed by atoms with Crippen molar-refractivity contribution in [1.29, 1.82) is 0 Å². The van der Waals surface area contributed by atoms with Crippen molar-refractivity contribution in [2.24, 2.45) is 5.41 Å². The zero-order valence-electron chi connectivity index (χ0n) is 9.25. The Hall–Kier alpha value is -0.530. The van der Waals surface area contributed by atoms with E-state index < -0.39 is 0 Å². The molecule has 0 aromatic heterocycles. The SMILES string of the molecule is CC1(CCl)CCN(Cc2ccccc2)C1. The van der Waals surface area contributed by atoms with Crippen LogP contribution in [-0.2, 0) is 6.54 Å². The van der Waals surface area contributed by atoms with Crippen molar-refractivity contribution in [1.82, 2.24) is 4.90 Å². The quantitative estimate of drug-likeness (QED) is 0.712. The monoisotopic (exact) mass is 223 g/mol. The van der Waals surface area contributed by atoms with E-state index in [-0.39, 0.29) is 0 Å². The van der Waals surface area contributed by atoms with Crippen molar-refractivity contribution < 1.29 is 0 Å². The third kappa shape index (κ3) is 2.73. The Balaban J connectivity index is 1.93. The first-order valence-corrected chi connectivity index (χ1v) is 6.08. The molecule has 1 atom stereocenters. The Kier molecular flexibility index (Phi) is 3.32. The van der Waals surface area contributed by atoms with Gasteiger partial charge in [0.25, 0.3) is 0 Å². The molecule has 2 heteroatoms. The highest BCUT2D eigenvalue weighted by atomic mass is 35.5. The van der Waals surface area contributed by atoms with Crippen LogP contribution in [0.15, 0.2) is 30.3 Å². The molecule has 0 radical (unpaired) electrons. The number of likely N-dealkylation sites (tertiary alicyclic amines) is 1. The van der Waals surface area contributed by atoms with Gasteiger partial charge in [-0.15, -0.1) is 11.6 Å². The summed E-state index contributed by atoms with van der Waals surface area (Å²) in [5.41, 5.74) is 1.73. The van der Waals surface area contributed by atoms with Gasteiger partial charge >= 0.3 is 0 Å². The lowest BCUT2D eigenvalue weighted by molar-refractivity contribution is 0.286. The highest BCUT2D eigenvalue weighted by molar-refractivity contribution is 6.18. The van der Waals surface area contributed by atoms with Crippen LogP contribution < -0.4 is 0 Å². The first kappa shape index (κ1) is 11.0. The molecular formula is C13H18ClN. The maximum atomic E-state index is 5.99. The summed E-state index contributed by atoms with van der Waals surface area (Å²) in [5, 5.41) is 0. The van der Waals surface area contributed by atoms with Crippen molar-refractivity contribution >= 4 is 11.6 Å². The molecule has 0 aliphatic carbocycles. The van der Waals surface area contributed by atoms with E-state index in [0.717, 1.165) is 19.0 Å². The summed E-state index contributed by atoms with van der Waals surface area (Å²) < 4.78 is 0. The lowest BCUT2D eigenvalue weighted by Gasteiger charge is -2.21. The smallest absolute Gasteiger partial charge is 0.0290 e. The van der Waals surface area contributed by atoms with Crippen molar-refractivity contribution in [2.45, 2.75) is 19.9 Å². The lowest BCUT2D eigenvalue weighted by Crippen LogP contribution is -2.25. The summed E-state index contributed by atoms with van der Waals surface area (Å²) in [4.78, 5) is 2.50. The van der Waals surface area contributed by atoms with Gasteiger partial charge in [0.05, 0.1) is 0 Å². The van der Waals surface area contributed by atoms with Crippen LogP contribution in [0.4, 0.5) is 0 Å². The second-order valence-corrected chi connectivity index (χ2v) is 5.16. The topological polar surface area (TPSA) is 3.24 Å². The standard InChI is InChI=1S/C13H18ClN/c1-13(10-14)7-8-15(11-13)9-12-5-3-2-4-6-12/h2-6H,7-11H2,1H3. The number of rotatable bonds is 3. The summed E-state index contributed by atoms with van der Waals surface area (Å²) in [6.07, 6.45) is 1.23. The van der Waals surface area contributed by atoms with E-state index in [0.29, 0.717) is 5.41 Å². The molecule has 82 valence electrons. The second kappa shape index (κ2) is 4.54. The molecular weight excluding hydrogens is 206 g/mol. The normalized spacial score (nSPS) is 27.1. The summed E-state index contributed by atoms with van der Waals surface area (Å²) in [6, 6.07) is 10.7. The maximum Gasteiger partial charge on any atom is 0.0290 e. The van der Waals surface area contributed by atoms with Gasteiger partial charge in [0, 0.05) is 19.0 Å². The molecule has 1 saturated heterocycles. The van der Waals surface area contributed by atoms with Crippen LogP contribution in [0, 0.1) is 5.41 Å². The molecule has 15 heavy (non-hydrogen) atoms. The van der Waals surface area contributed by atoms with Gasteiger partial charge in [0.1, 0.15) is 0 Å². The van der Waals surface area contributed by atoms with Crippen LogP contribution in [0.2, 0.25) is 0 Å². The molecule has 0 spiro atoms. The van der Waals surface area contributed by atoms with E-state index in [9.17, 15) is 0 Å². The largest absolute Gasteiger partial charge is 0.298 e. The average molecular weight is 224 g/mol. The fraction of sp³-hybridized carbons (Fsp3) is 0.538. The van der Waals surface area contributed by atoms with E-state index in [1.807, 2.05) is 0 Å². The zero-order chi connectivity index (χ0) is 10.7. The van der Waals surface area contributed by atoms with Gasteiger partial charge in [-0.3, -0.25) is 4.90 Å². The van der Waals surface area contributed by atoms with E-state index >= 15 is 0 Å². The fourth-order valence-corrected chi connectivity index (χ4v) is 2.43. The predicted octanol–water partition coefficient (Wildman–Crippen LogP) is 3.14. The predicted molar refractivity (Wildman–Crippen MR) is 65.2 cm³/mol. The molecule has 0 bridgehead atoms. The Morgan fingerprint density at radius 3 is 2.67 bits per heavy atom. The molecule has 1 aromatic carbocycles. The molecule has 1 aromatic rings. The van der Waals surface area contributed by atoms with Gasteiger partial charge in [-0.2, -0.15) is 0 Å². The van der Waals surface area contributed by atoms with Crippen LogP contribution in [0.1, 0.15) is 18.9 Å². The first-order valence-electron chi connectivity index (χ1n) is 5.54. The molecule has 2 rings (SSSR count). The number of benzene rings is 1. The number of hydrogen-bond acceptors (Lipinski definition) is 1. The van der Waals surface area contributed by atoms with Gasteiger partial charge in [-0.1, -0.05) is 37.3 Å². The highest BCUT2D eigenvalue weighted by Crippen LogP contribution is 2.31. The Morgan fingerprint density at radius 2 is 2.07 bits per heavy atom. The molecule has 1 aliphatic heterocycles. The van der Waals surface area contributed by atoms with Gasteiger partial charge in [0.15, 0.2) is 0 Å². The van der Waals surface area contributed by atoms with E-state index in [1.54, 1.807) is 0 Å². The van der Waals surface area contributed by atoms with Crippen molar-refractivity contribution in [2.75, 3.05) is 19.0 Å². The minimum Gasteiger partial charge on any atom is -0.298 e. The van der Waals surface area contributed by atoms with E-state index in [2.05, 4.69) is 42.2 Å². The van der Waals surface area contributed by atoms with Gasteiger partial charge in [0.2, 0.25) is 0 Å². The molecule has 1 unspecified atom stereocenters. The van der Waals surface area contributed by atoms with Crippen molar-refractivity contribution in [3.8, 4) is 0 Å². The summed E-state index contributed by atoms with van der Waals surface area (Å²) in [6.45, 7) is 5.65. The molecule has 1 aliphatic rings. The Labute approximate surface area is 97.0 Å². The number of nitrogens with zero attached hydrogens (tertiary/aromatic N) is 1. The third-order valence-electron chi connectivity index (χ3n) is 3.21. The van der Waals surface area contributed by atoms with Crippen molar-refractivity contribution in [3.63, 3.8) is 0 Å². The Bertz CT molecular complexity index is 312. The molecule has 1 fully saturated rings. The minimum atomic E-state index is 0.330. The lowest BCUT2D eigenvalue weighted by atomic mass is 9.93. The number of hydrogen-bond donors (Lipinski definition) is 0. The van der Waals surface area contributed by atoms with Gasteiger partial charge in [-0.05, 0) is 23.9 Å².